The van der Waals surface area contributed by atoms with E-state index in [-0.39, 0.29) is 11.6 Å². The molecule has 0 aliphatic carbocycles. The molecule has 1 fully saturated rings. The summed E-state index contributed by atoms with van der Waals surface area (Å²) >= 11 is 0. The van der Waals surface area contributed by atoms with E-state index in [0.29, 0.717) is 0 Å². The number of hydrogen-bond donors (Lipinski definition) is 3. The van der Waals surface area contributed by atoms with E-state index in [0.717, 1.165) is 10.4 Å². The van der Waals surface area contributed by atoms with Gasteiger partial charge in [0.15, 0.2) is 6.29 Å². The second kappa shape index (κ2) is 9.28. The first-order valence-electron chi connectivity index (χ1n) is 10.2. The van der Waals surface area contributed by atoms with Crippen LogP contribution in [0, 0.1) is 0 Å². The highest BCUT2D eigenvalue weighted by Crippen LogP contribution is 2.37. The largest absolute Gasteiger partial charge is 0.405 e. The van der Waals surface area contributed by atoms with E-state index in [4.69, 9.17) is 13.9 Å². The maximum atomic E-state index is 10.5. The summed E-state index contributed by atoms with van der Waals surface area (Å²) in [4.78, 5) is 0. The van der Waals surface area contributed by atoms with Gasteiger partial charge in [0.1, 0.15) is 24.4 Å². The molecule has 2 aromatic rings. The number of aliphatic hydroxyl groups excluding tert-OH is 3. The summed E-state index contributed by atoms with van der Waals surface area (Å²) in [5.41, 5.74) is 0. The van der Waals surface area contributed by atoms with Crippen molar-refractivity contribution < 1.29 is 29.2 Å². The van der Waals surface area contributed by atoms with Crippen LogP contribution in [-0.2, 0) is 13.9 Å². The summed E-state index contributed by atoms with van der Waals surface area (Å²) in [5, 5.41) is 32.8. The van der Waals surface area contributed by atoms with Crippen LogP contribution in [0.1, 0.15) is 20.8 Å². The van der Waals surface area contributed by atoms with Crippen LogP contribution in [0.5, 0.6) is 0 Å². The standard InChI is InChI=1S/C23H32O6Si/c1-23(2,3)30(16-11-7-5-8-12-16,17-13-9-6-10-14-17)28-15-18-19(24)20(25)21(26)22(27-4)29-18/h5-14,18-22,24-26H,15H2,1-4H3/t18-,19-,20+,21-,22-/m0/s1. The predicted molar refractivity (Wildman–Crippen MR) is 117 cm³/mol. The third-order valence-corrected chi connectivity index (χ3v) is 10.8. The van der Waals surface area contributed by atoms with Gasteiger partial charge in [-0.2, -0.15) is 0 Å². The molecule has 2 aromatic carbocycles. The van der Waals surface area contributed by atoms with Gasteiger partial charge in [-0.25, -0.2) is 0 Å². The molecule has 3 rings (SSSR count). The maximum Gasteiger partial charge on any atom is 0.261 e. The monoisotopic (exact) mass is 432 g/mol. The Bertz CT molecular complexity index is 753. The molecule has 6 nitrogen and oxygen atoms in total. The smallest absolute Gasteiger partial charge is 0.261 e. The highest BCUT2D eigenvalue weighted by molar-refractivity contribution is 6.99. The van der Waals surface area contributed by atoms with Crippen molar-refractivity contribution in [2.24, 2.45) is 0 Å². The zero-order valence-corrected chi connectivity index (χ0v) is 18.9. The average Bonchev–Trinajstić information content (AvgIpc) is 2.74. The van der Waals surface area contributed by atoms with Crippen LogP contribution in [0.15, 0.2) is 60.7 Å². The molecule has 5 atom stereocenters. The Labute approximate surface area is 179 Å². The van der Waals surface area contributed by atoms with E-state index in [1.165, 1.54) is 7.11 Å². The molecular weight excluding hydrogens is 400 g/mol. The summed E-state index contributed by atoms with van der Waals surface area (Å²) in [6.07, 6.45) is -5.86. The molecular formula is C23H32O6Si. The molecule has 1 aliphatic heterocycles. The Morgan fingerprint density at radius 2 is 1.33 bits per heavy atom. The Kier molecular flexibility index (Phi) is 7.14. The predicted octanol–water partition coefficient (Wildman–Crippen LogP) is 1.02. The number of rotatable bonds is 6. The number of benzene rings is 2. The first-order valence-corrected chi connectivity index (χ1v) is 12.1. The van der Waals surface area contributed by atoms with Crippen molar-refractivity contribution in [3.63, 3.8) is 0 Å². The lowest BCUT2D eigenvalue weighted by Gasteiger charge is -2.45. The Morgan fingerprint density at radius 1 is 0.833 bits per heavy atom. The lowest BCUT2D eigenvalue weighted by molar-refractivity contribution is -0.293. The molecule has 0 bridgehead atoms. The van der Waals surface area contributed by atoms with Gasteiger partial charge in [-0.15, -0.1) is 0 Å². The van der Waals surface area contributed by atoms with Crippen molar-refractivity contribution in [1.82, 2.24) is 0 Å². The van der Waals surface area contributed by atoms with E-state index < -0.39 is 39.0 Å². The zero-order chi connectivity index (χ0) is 21.9. The Hall–Kier alpha value is -1.58. The number of ether oxygens (including phenoxy) is 2. The van der Waals surface area contributed by atoms with E-state index in [1.54, 1.807) is 0 Å². The molecule has 1 heterocycles. The van der Waals surface area contributed by atoms with Gasteiger partial charge in [-0.1, -0.05) is 81.4 Å². The second-order valence-corrected chi connectivity index (χ2v) is 13.0. The topological polar surface area (TPSA) is 88.4 Å². The Balaban J connectivity index is 2.00. The molecule has 0 aromatic heterocycles. The second-order valence-electron chi connectivity index (χ2n) is 8.72. The highest BCUT2D eigenvalue weighted by Gasteiger charge is 2.52. The third-order valence-electron chi connectivity index (χ3n) is 5.78. The van der Waals surface area contributed by atoms with Gasteiger partial charge in [0.05, 0.1) is 6.61 Å². The fraction of sp³-hybridized carbons (Fsp3) is 0.478. The minimum atomic E-state index is -2.81. The van der Waals surface area contributed by atoms with Gasteiger partial charge < -0.3 is 29.2 Å². The maximum absolute atomic E-state index is 10.5. The SMILES string of the molecule is CO[C@H]1O[C@@H](CO[Si](c2ccccc2)(c2ccccc2)C(C)(C)C)[C@H](O)[C@@H](O)[C@@H]1O. The van der Waals surface area contributed by atoms with E-state index in [9.17, 15) is 15.3 Å². The van der Waals surface area contributed by atoms with Crippen molar-refractivity contribution in [3.8, 4) is 0 Å². The van der Waals surface area contributed by atoms with Crippen molar-refractivity contribution >= 4 is 18.7 Å². The molecule has 1 saturated heterocycles. The van der Waals surface area contributed by atoms with Crippen LogP contribution >= 0.6 is 0 Å². The van der Waals surface area contributed by atoms with E-state index >= 15 is 0 Å². The minimum absolute atomic E-state index is 0.0537. The van der Waals surface area contributed by atoms with Crippen LogP contribution < -0.4 is 10.4 Å². The van der Waals surface area contributed by atoms with Gasteiger partial charge in [0, 0.05) is 7.11 Å². The van der Waals surface area contributed by atoms with Gasteiger partial charge in [0.25, 0.3) is 8.32 Å². The zero-order valence-electron chi connectivity index (χ0n) is 17.9. The summed E-state index contributed by atoms with van der Waals surface area (Å²) in [7, 11) is -1.42. The molecule has 0 saturated carbocycles. The first kappa shape index (κ1) is 23.1. The summed E-state index contributed by atoms with van der Waals surface area (Å²) < 4.78 is 17.6. The van der Waals surface area contributed by atoms with Crippen molar-refractivity contribution in [3.05, 3.63) is 60.7 Å². The molecule has 30 heavy (non-hydrogen) atoms. The van der Waals surface area contributed by atoms with Crippen LogP contribution in [0.2, 0.25) is 5.04 Å². The average molecular weight is 433 g/mol. The lowest BCUT2D eigenvalue weighted by Crippen LogP contribution is -2.68. The fourth-order valence-electron chi connectivity index (χ4n) is 4.22. The molecule has 0 unspecified atom stereocenters. The van der Waals surface area contributed by atoms with Crippen LogP contribution in [-0.4, -0.2) is 68.1 Å². The van der Waals surface area contributed by atoms with Crippen LogP contribution in [0.3, 0.4) is 0 Å². The molecule has 0 spiro atoms. The van der Waals surface area contributed by atoms with Crippen molar-refractivity contribution in [1.29, 1.82) is 0 Å². The normalized spacial score (nSPS) is 27.8. The number of hydrogen-bond acceptors (Lipinski definition) is 6. The number of aliphatic hydroxyl groups is 3. The summed E-state index contributed by atoms with van der Waals surface area (Å²) in [6, 6.07) is 20.3. The fourth-order valence-corrected chi connectivity index (χ4v) is 8.79. The minimum Gasteiger partial charge on any atom is -0.405 e. The van der Waals surface area contributed by atoms with Gasteiger partial charge >= 0.3 is 0 Å². The molecule has 0 radical (unpaired) electrons. The van der Waals surface area contributed by atoms with Crippen molar-refractivity contribution in [2.45, 2.75) is 56.5 Å². The summed E-state index contributed by atoms with van der Waals surface area (Å²) in [6.45, 7) is 6.54. The number of methoxy groups -OCH3 is 1. The van der Waals surface area contributed by atoms with Gasteiger partial charge in [-0.3, -0.25) is 0 Å². The third kappa shape index (κ3) is 4.24. The van der Waals surface area contributed by atoms with Crippen LogP contribution in [0.25, 0.3) is 0 Å². The molecule has 1 aliphatic rings. The van der Waals surface area contributed by atoms with Crippen LogP contribution in [0.4, 0.5) is 0 Å². The van der Waals surface area contributed by atoms with E-state index in [1.807, 2.05) is 36.4 Å². The first-order chi connectivity index (χ1) is 14.2. The molecule has 7 heteroatoms. The lowest BCUT2D eigenvalue weighted by atomic mass is 9.99. The quantitative estimate of drug-likeness (QED) is 0.591. The van der Waals surface area contributed by atoms with Gasteiger partial charge in [0.2, 0.25) is 0 Å². The molecule has 3 N–H and O–H groups in total. The van der Waals surface area contributed by atoms with Crippen molar-refractivity contribution in [2.75, 3.05) is 13.7 Å². The molecule has 164 valence electrons. The van der Waals surface area contributed by atoms with E-state index in [2.05, 4.69) is 45.0 Å². The molecule has 0 amide bonds. The Morgan fingerprint density at radius 3 is 1.77 bits per heavy atom. The van der Waals surface area contributed by atoms with Gasteiger partial charge in [-0.05, 0) is 15.4 Å². The highest BCUT2D eigenvalue weighted by atomic mass is 28.4. The summed E-state index contributed by atoms with van der Waals surface area (Å²) in [5.74, 6) is 0.